The van der Waals surface area contributed by atoms with Gasteiger partial charge in [0.25, 0.3) is 5.91 Å². The van der Waals surface area contributed by atoms with E-state index in [2.05, 4.69) is 15.4 Å². The Balaban J connectivity index is 2.36. The number of anilines is 1. The number of hydrogen-bond acceptors (Lipinski definition) is 4. The zero-order valence-electron chi connectivity index (χ0n) is 11.3. The molecule has 2 aromatic rings. The Labute approximate surface area is 115 Å². The van der Waals surface area contributed by atoms with Crippen LogP contribution < -0.4 is 5.32 Å². The molecule has 0 saturated carbocycles. The third-order valence-electron chi connectivity index (χ3n) is 3.00. The van der Waals surface area contributed by atoms with Gasteiger partial charge in [-0.15, -0.1) is 0 Å². The number of carboxylic acids is 1. The van der Waals surface area contributed by atoms with E-state index in [9.17, 15) is 9.59 Å². The van der Waals surface area contributed by atoms with Gasteiger partial charge in [-0.3, -0.25) is 14.5 Å². The number of aryl methyl sites for hydroxylation is 2. The van der Waals surface area contributed by atoms with Gasteiger partial charge in [0.1, 0.15) is 5.69 Å². The molecule has 0 atom stereocenters. The highest BCUT2D eigenvalue weighted by Gasteiger charge is 2.20. The summed E-state index contributed by atoms with van der Waals surface area (Å²) >= 11 is 0. The number of nitrogens with one attached hydrogen (secondary N) is 1. The van der Waals surface area contributed by atoms with Gasteiger partial charge in [-0.25, -0.2) is 4.79 Å². The molecule has 20 heavy (non-hydrogen) atoms. The molecule has 0 aliphatic carbocycles. The summed E-state index contributed by atoms with van der Waals surface area (Å²) in [5, 5.41) is 15.9. The highest BCUT2D eigenvalue weighted by Crippen LogP contribution is 2.19. The molecule has 104 valence electrons. The Morgan fingerprint density at radius 2 is 2.05 bits per heavy atom. The summed E-state index contributed by atoms with van der Waals surface area (Å²) in [5.41, 5.74) is 1.75. The number of rotatable bonds is 3. The van der Waals surface area contributed by atoms with Crippen molar-refractivity contribution in [2.75, 3.05) is 5.32 Å². The lowest BCUT2D eigenvalue weighted by Crippen LogP contribution is -2.18. The van der Waals surface area contributed by atoms with Crippen LogP contribution >= 0.6 is 0 Å². The van der Waals surface area contributed by atoms with Crippen LogP contribution in [0.5, 0.6) is 0 Å². The highest BCUT2D eigenvalue weighted by molar-refractivity contribution is 6.09. The minimum absolute atomic E-state index is 0.123. The van der Waals surface area contributed by atoms with Crippen molar-refractivity contribution in [1.29, 1.82) is 0 Å². The minimum atomic E-state index is -1.19. The smallest absolute Gasteiger partial charge is 0.338 e. The molecule has 0 spiro atoms. The standard InChI is InChI=1S/C13H14N4O3/c1-7-10(8(2)17(3)16-7)15-12(18)11-9(13(19)20)5-4-6-14-11/h4-6H,1-3H3,(H,15,18)(H,19,20). The number of nitrogens with zero attached hydrogens (tertiary/aromatic N) is 3. The molecule has 7 nitrogen and oxygen atoms in total. The topological polar surface area (TPSA) is 97.1 Å². The molecule has 0 fully saturated rings. The fourth-order valence-corrected chi connectivity index (χ4v) is 1.89. The predicted molar refractivity (Wildman–Crippen MR) is 71.8 cm³/mol. The van der Waals surface area contributed by atoms with Crippen molar-refractivity contribution in [2.45, 2.75) is 13.8 Å². The number of hydrogen-bond donors (Lipinski definition) is 2. The summed E-state index contributed by atoms with van der Waals surface area (Å²) in [6.45, 7) is 3.57. The lowest BCUT2D eigenvalue weighted by atomic mass is 10.2. The molecule has 0 unspecified atom stereocenters. The van der Waals surface area contributed by atoms with Gasteiger partial charge in [0, 0.05) is 13.2 Å². The third kappa shape index (κ3) is 2.37. The lowest BCUT2D eigenvalue weighted by Gasteiger charge is -2.07. The molecule has 0 radical (unpaired) electrons. The van der Waals surface area contributed by atoms with Crippen molar-refractivity contribution in [1.82, 2.24) is 14.8 Å². The summed E-state index contributed by atoms with van der Waals surface area (Å²) in [7, 11) is 1.77. The molecule has 2 heterocycles. The second kappa shape index (κ2) is 5.12. The molecule has 0 saturated heterocycles. The van der Waals surface area contributed by atoms with Crippen LogP contribution in [0.15, 0.2) is 18.3 Å². The second-order valence-corrected chi connectivity index (χ2v) is 4.33. The first-order valence-electron chi connectivity index (χ1n) is 5.91. The predicted octanol–water partition coefficient (Wildman–Crippen LogP) is 1.38. The van der Waals surface area contributed by atoms with E-state index in [4.69, 9.17) is 5.11 Å². The van der Waals surface area contributed by atoms with Crippen LogP contribution in [0.25, 0.3) is 0 Å². The second-order valence-electron chi connectivity index (χ2n) is 4.33. The number of carbonyl (C=O) groups is 2. The summed E-state index contributed by atoms with van der Waals surface area (Å²) in [6.07, 6.45) is 1.38. The molecule has 1 amide bonds. The van der Waals surface area contributed by atoms with Gasteiger partial charge in [0.2, 0.25) is 0 Å². The SMILES string of the molecule is Cc1nn(C)c(C)c1NC(=O)c1ncccc1C(=O)O. The summed E-state index contributed by atoms with van der Waals surface area (Å²) < 4.78 is 1.64. The monoisotopic (exact) mass is 274 g/mol. The maximum absolute atomic E-state index is 12.2. The number of carboxylic acid groups (broad SMARTS) is 1. The van der Waals surface area contributed by atoms with E-state index in [-0.39, 0.29) is 11.3 Å². The summed E-state index contributed by atoms with van der Waals surface area (Å²) in [6, 6.07) is 2.81. The summed E-state index contributed by atoms with van der Waals surface area (Å²) in [4.78, 5) is 27.1. The maximum atomic E-state index is 12.2. The number of aromatic carboxylic acids is 1. The van der Waals surface area contributed by atoms with Gasteiger partial charge in [0.05, 0.1) is 22.6 Å². The van der Waals surface area contributed by atoms with Gasteiger partial charge < -0.3 is 10.4 Å². The largest absolute Gasteiger partial charge is 0.478 e. The first-order chi connectivity index (χ1) is 9.41. The molecule has 0 bridgehead atoms. The number of aromatic nitrogens is 3. The minimum Gasteiger partial charge on any atom is -0.478 e. The van der Waals surface area contributed by atoms with Crippen LogP contribution in [0.1, 0.15) is 32.2 Å². The fraction of sp³-hybridized carbons (Fsp3) is 0.231. The quantitative estimate of drug-likeness (QED) is 0.881. The Hall–Kier alpha value is -2.70. The van der Waals surface area contributed by atoms with E-state index < -0.39 is 11.9 Å². The van der Waals surface area contributed by atoms with E-state index in [0.29, 0.717) is 11.4 Å². The molecular formula is C13H14N4O3. The van der Waals surface area contributed by atoms with E-state index in [1.165, 1.54) is 18.3 Å². The number of carbonyl (C=O) groups excluding carboxylic acids is 1. The van der Waals surface area contributed by atoms with Crippen LogP contribution in [-0.2, 0) is 7.05 Å². The maximum Gasteiger partial charge on any atom is 0.338 e. The zero-order chi connectivity index (χ0) is 14.9. The fourth-order valence-electron chi connectivity index (χ4n) is 1.89. The van der Waals surface area contributed by atoms with E-state index in [1.54, 1.807) is 18.7 Å². The van der Waals surface area contributed by atoms with Crippen molar-refractivity contribution in [3.8, 4) is 0 Å². The van der Waals surface area contributed by atoms with Crippen molar-refractivity contribution in [3.63, 3.8) is 0 Å². The molecule has 0 aromatic carbocycles. The summed E-state index contributed by atoms with van der Waals surface area (Å²) in [5.74, 6) is -1.76. The van der Waals surface area contributed by atoms with E-state index >= 15 is 0 Å². The molecule has 2 N–H and O–H groups in total. The highest BCUT2D eigenvalue weighted by atomic mass is 16.4. The van der Waals surface area contributed by atoms with Gasteiger partial charge in [-0.1, -0.05) is 0 Å². The Bertz CT molecular complexity index is 691. The lowest BCUT2D eigenvalue weighted by molar-refractivity contribution is 0.0691. The molecule has 0 aliphatic rings. The molecule has 0 aliphatic heterocycles. The van der Waals surface area contributed by atoms with Crippen molar-refractivity contribution in [2.24, 2.45) is 7.05 Å². The first kappa shape index (κ1) is 13.7. The van der Waals surface area contributed by atoms with Crippen molar-refractivity contribution < 1.29 is 14.7 Å². The zero-order valence-corrected chi connectivity index (χ0v) is 11.3. The van der Waals surface area contributed by atoms with Gasteiger partial charge in [-0.05, 0) is 26.0 Å². The van der Waals surface area contributed by atoms with Crippen LogP contribution in [0.4, 0.5) is 5.69 Å². The Morgan fingerprint density at radius 3 is 2.60 bits per heavy atom. The van der Waals surface area contributed by atoms with Crippen LogP contribution in [0, 0.1) is 13.8 Å². The van der Waals surface area contributed by atoms with Crippen LogP contribution in [0.3, 0.4) is 0 Å². The first-order valence-corrected chi connectivity index (χ1v) is 5.91. The average Bonchev–Trinajstić information content (AvgIpc) is 2.65. The van der Waals surface area contributed by atoms with Crippen molar-refractivity contribution in [3.05, 3.63) is 41.0 Å². The van der Waals surface area contributed by atoms with E-state index in [0.717, 1.165) is 5.69 Å². The molecule has 2 aromatic heterocycles. The van der Waals surface area contributed by atoms with Crippen molar-refractivity contribution >= 4 is 17.6 Å². The number of amides is 1. The molecule has 7 heteroatoms. The van der Waals surface area contributed by atoms with E-state index in [1.807, 2.05) is 6.92 Å². The van der Waals surface area contributed by atoms with Gasteiger partial charge in [0.15, 0.2) is 0 Å². The van der Waals surface area contributed by atoms with Crippen LogP contribution in [0.2, 0.25) is 0 Å². The third-order valence-corrected chi connectivity index (χ3v) is 3.00. The normalized spacial score (nSPS) is 10.3. The average molecular weight is 274 g/mol. The molecular weight excluding hydrogens is 260 g/mol. The van der Waals surface area contributed by atoms with Crippen LogP contribution in [-0.4, -0.2) is 31.7 Å². The van der Waals surface area contributed by atoms with Gasteiger partial charge in [-0.2, -0.15) is 5.10 Å². The molecule has 2 rings (SSSR count). The Morgan fingerprint density at radius 1 is 1.35 bits per heavy atom. The van der Waals surface area contributed by atoms with Gasteiger partial charge >= 0.3 is 5.97 Å². The number of pyridine rings is 1. The Kier molecular flexibility index (Phi) is 3.51.